The molecule has 8 nitrogen and oxygen atoms in total. The maximum Gasteiger partial charge on any atom is 0.338 e. The van der Waals surface area contributed by atoms with Crippen molar-refractivity contribution in [2.45, 2.75) is 25.9 Å². The maximum atomic E-state index is 13.6. The number of hydrogen-bond acceptors (Lipinski definition) is 7. The van der Waals surface area contributed by atoms with Crippen molar-refractivity contribution in [2.75, 3.05) is 23.9 Å². The van der Waals surface area contributed by atoms with Crippen molar-refractivity contribution in [3.05, 3.63) is 76.5 Å². The number of carbonyl (C=O) groups is 3. The van der Waals surface area contributed by atoms with Crippen LogP contribution in [0.5, 0.6) is 5.75 Å². The molecule has 1 aliphatic heterocycles. The molecule has 1 atom stereocenters. The lowest BCUT2D eigenvalue weighted by atomic mass is 10.1. The van der Waals surface area contributed by atoms with E-state index < -0.39 is 12.0 Å². The van der Waals surface area contributed by atoms with Crippen molar-refractivity contribution >= 4 is 57.8 Å². The highest BCUT2D eigenvalue weighted by Crippen LogP contribution is 2.30. The standard InChI is InChI=1S/C26H25N3O5S2/c1-3-34-25(32)17-6-10-19(11-7-17)29-24(31)22(28(26(29)35)16-21-5-4-14-36-21)15-23(30)27-18-8-12-20(33-2)13-9-18/h4-14,22H,3,15-16H2,1-2H3,(H,27,30)/t22-/m0/s1. The highest BCUT2D eigenvalue weighted by Gasteiger charge is 2.44. The Bertz CT molecular complexity index is 1240. The number of anilines is 2. The maximum absolute atomic E-state index is 13.6. The van der Waals surface area contributed by atoms with Crippen LogP contribution in [0.3, 0.4) is 0 Å². The summed E-state index contributed by atoms with van der Waals surface area (Å²) in [6.07, 6.45) is -0.0756. The Labute approximate surface area is 218 Å². The zero-order valence-corrected chi connectivity index (χ0v) is 21.4. The summed E-state index contributed by atoms with van der Waals surface area (Å²) < 4.78 is 10.2. The van der Waals surface area contributed by atoms with Crippen LogP contribution in [0.15, 0.2) is 66.0 Å². The molecule has 1 aromatic heterocycles. The Morgan fingerprint density at radius 2 is 1.81 bits per heavy atom. The van der Waals surface area contributed by atoms with Gasteiger partial charge in [0.1, 0.15) is 11.8 Å². The van der Waals surface area contributed by atoms with Gasteiger partial charge in [-0.05, 0) is 79.1 Å². The van der Waals surface area contributed by atoms with Crippen molar-refractivity contribution in [1.82, 2.24) is 4.90 Å². The Morgan fingerprint density at radius 1 is 1.08 bits per heavy atom. The van der Waals surface area contributed by atoms with Gasteiger partial charge in [-0.2, -0.15) is 0 Å². The van der Waals surface area contributed by atoms with Crippen LogP contribution in [0.4, 0.5) is 11.4 Å². The van der Waals surface area contributed by atoms with Gasteiger partial charge >= 0.3 is 5.97 Å². The molecular formula is C26H25N3O5S2. The van der Waals surface area contributed by atoms with Crippen LogP contribution in [0.25, 0.3) is 0 Å². The molecule has 10 heteroatoms. The quantitative estimate of drug-likeness (QED) is 0.327. The number of esters is 1. The van der Waals surface area contributed by atoms with Gasteiger partial charge in [-0.25, -0.2) is 4.79 Å². The smallest absolute Gasteiger partial charge is 0.338 e. The molecule has 1 fully saturated rings. The predicted molar refractivity (Wildman–Crippen MR) is 142 cm³/mol. The topological polar surface area (TPSA) is 88.2 Å². The second-order valence-electron chi connectivity index (χ2n) is 7.93. The fourth-order valence-corrected chi connectivity index (χ4v) is 4.93. The highest BCUT2D eigenvalue weighted by molar-refractivity contribution is 7.80. The van der Waals surface area contributed by atoms with Gasteiger partial charge in [0, 0.05) is 10.6 Å². The minimum Gasteiger partial charge on any atom is -0.497 e. The highest BCUT2D eigenvalue weighted by atomic mass is 32.1. The lowest BCUT2D eigenvalue weighted by Gasteiger charge is -2.23. The van der Waals surface area contributed by atoms with Crippen molar-refractivity contribution < 1.29 is 23.9 Å². The van der Waals surface area contributed by atoms with E-state index in [1.54, 1.807) is 78.8 Å². The summed E-state index contributed by atoms with van der Waals surface area (Å²) in [6, 6.07) is 16.6. The molecule has 0 unspecified atom stereocenters. The van der Waals surface area contributed by atoms with E-state index in [-0.39, 0.29) is 24.8 Å². The molecule has 2 aromatic carbocycles. The number of amides is 2. The Balaban J connectivity index is 1.55. The van der Waals surface area contributed by atoms with Crippen LogP contribution < -0.4 is 15.0 Å². The van der Waals surface area contributed by atoms with Crippen molar-refractivity contribution in [1.29, 1.82) is 0 Å². The van der Waals surface area contributed by atoms with E-state index in [0.717, 1.165) is 4.88 Å². The summed E-state index contributed by atoms with van der Waals surface area (Å²) in [5.74, 6) is -0.370. The summed E-state index contributed by atoms with van der Waals surface area (Å²) >= 11 is 7.26. The zero-order valence-electron chi connectivity index (χ0n) is 19.8. The molecule has 0 bridgehead atoms. The summed E-state index contributed by atoms with van der Waals surface area (Å²) in [5.41, 5.74) is 1.50. The number of ether oxygens (including phenoxy) is 2. The predicted octanol–water partition coefficient (Wildman–Crippen LogP) is 4.46. The van der Waals surface area contributed by atoms with E-state index in [1.807, 2.05) is 17.5 Å². The van der Waals surface area contributed by atoms with Crippen LogP contribution in [0.1, 0.15) is 28.6 Å². The number of benzene rings is 2. The molecule has 0 spiro atoms. The molecule has 4 rings (SSSR count). The van der Waals surface area contributed by atoms with Gasteiger partial charge in [0.05, 0.1) is 37.9 Å². The van der Waals surface area contributed by atoms with Crippen LogP contribution in [-0.4, -0.2) is 47.6 Å². The number of hydrogen-bond donors (Lipinski definition) is 1. The summed E-state index contributed by atoms with van der Waals surface area (Å²) in [7, 11) is 1.57. The zero-order chi connectivity index (χ0) is 25.7. The van der Waals surface area contributed by atoms with Gasteiger partial charge in [-0.1, -0.05) is 6.07 Å². The van der Waals surface area contributed by atoms with E-state index >= 15 is 0 Å². The number of thiocarbonyl (C=S) groups is 1. The third-order valence-electron chi connectivity index (χ3n) is 5.61. The number of nitrogens with one attached hydrogen (secondary N) is 1. The van der Waals surface area contributed by atoms with Crippen molar-refractivity contribution in [2.24, 2.45) is 0 Å². The van der Waals surface area contributed by atoms with Crippen LogP contribution in [0, 0.1) is 0 Å². The molecule has 1 saturated heterocycles. The van der Waals surface area contributed by atoms with Gasteiger partial charge in [0.15, 0.2) is 5.11 Å². The first-order chi connectivity index (χ1) is 17.4. The van der Waals surface area contributed by atoms with Crippen molar-refractivity contribution in [3.63, 3.8) is 0 Å². The first-order valence-electron chi connectivity index (χ1n) is 11.3. The third-order valence-corrected chi connectivity index (χ3v) is 6.89. The average molecular weight is 524 g/mol. The average Bonchev–Trinajstić information content (AvgIpc) is 3.47. The lowest BCUT2D eigenvalue weighted by Crippen LogP contribution is -2.37. The van der Waals surface area contributed by atoms with Crippen LogP contribution in [0.2, 0.25) is 0 Å². The van der Waals surface area contributed by atoms with Crippen LogP contribution >= 0.6 is 23.6 Å². The minimum atomic E-state index is -0.775. The molecule has 36 heavy (non-hydrogen) atoms. The molecule has 1 N–H and O–H groups in total. The second kappa shape index (κ2) is 11.3. The van der Waals surface area contributed by atoms with Crippen LogP contribution in [-0.2, 0) is 20.9 Å². The number of rotatable bonds is 9. The summed E-state index contributed by atoms with van der Waals surface area (Å²) in [6.45, 7) is 2.41. The number of thiophene rings is 1. The summed E-state index contributed by atoms with van der Waals surface area (Å²) in [5, 5.41) is 5.09. The Hall–Kier alpha value is -3.76. The number of nitrogens with zero attached hydrogens (tertiary/aromatic N) is 2. The molecule has 2 heterocycles. The summed E-state index contributed by atoms with van der Waals surface area (Å²) in [4.78, 5) is 42.7. The van der Waals surface area contributed by atoms with E-state index in [4.69, 9.17) is 21.7 Å². The van der Waals surface area contributed by atoms with E-state index in [2.05, 4.69) is 5.32 Å². The first kappa shape index (κ1) is 25.3. The third kappa shape index (κ3) is 5.55. The molecule has 186 valence electrons. The fourth-order valence-electron chi connectivity index (χ4n) is 3.84. The van der Waals surface area contributed by atoms with Gasteiger partial charge in [-0.15, -0.1) is 11.3 Å². The van der Waals surface area contributed by atoms with E-state index in [1.165, 1.54) is 4.90 Å². The first-order valence-corrected chi connectivity index (χ1v) is 12.6. The molecule has 0 radical (unpaired) electrons. The van der Waals surface area contributed by atoms with Gasteiger partial charge in [-0.3, -0.25) is 14.5 Å². The SMILES string of the molecule is CCOC(=O)c1ccc(N2C(=O)[C@H](CC(=O)Nc3ccc(OC)cc3)N(Cc3cccs3)C2=S)cc1. The Morgan fingerprint density at radius 3 is 2.42 bits per heavy atom. The Kier molecular flexibility index (Phi) is 7.97. The normalized spacial score (nSPS) is 15.2. The molecule has 0 saturated carbocycles. The van der Waals surface area contributed by atoms with Gasteiger partial charge < -0.3 is 19.7 Å². The minimum absolute atomic E-state index is 0.0756. The second-order valence-corrected chi connectivity index (χ2v) is 9.32. The fraction of sp³-hybridized carbons (Fsp3) is 0.231. The molecular weight excluding hydrogens is 498 g/mol. The van der Waals surface area contributed by atoms with E-state index in [9.17, 15) is 14.4 Å². The van der Waals surface area contributed by atoms with Gasteiger partial charge in [0.25, 0.3) is 5.91 Å². The van der Waals surface area contributed by atoms with Crippen molar-refractivity contribution in [3.8, 4) is 5.75 Å². The van der Waals surface area contributed by atoms with Gasteiger partial charge in [0.2, 0.25) is 5.91 Å². The number of carbonyl (C=O) groups excluding carboxylic acids is 3. The molecule has 0 aliphatic carbocycles. The van der Waals surface area contributed by atoms with E-state index in [0.29, 0.717) is 34.3 Å². The molecule has 1 aliphatic rings. The largest absolute Gasteiger partial charge is 0.497 e. The monoisotopic (exact) mass is 523 g/mol. The molecule has 3 aromatic rings. The number of methoxy groups -OCH3 is 1. The lowest BCUT2D eigenvalue weighted by molar-refractivity contribution is -0.124. The molecule has 2 amide bonds.